The summed E-state index contributed by atoms with van der Waals surface area (Å²) in [6.07, 6.45) is 1.28. The summed E-state index contributed by atoms with van der Waals surface area (Å²) in [5, 5.41) is 0. The van der Waals surface area contributed by atoms with Gasteiger partial charge in [0.2, 0.25) is 0 Å². The highest BCUT2D eigenvalue weighted by atomic mass is 19.1. The predicted octanol–water partition coefficient (Wildman–Crippen LogP) is 4.77. The number of imidazole rings is 1. The summed E-state index contributed by atoms with van der Waals surface area (Å²) in [6.45, 7) is 3.97. The van der Waals surface area contributed by atoms with Gasteiger partial charge in [0.15, 0.2) is 0 Å². The molecule has 0 radical (unpaired) electrons. The van der Waals surface area contributed by atoms with Crippen LogP contribution in [0.4, 0.5) is 14.9 Å². The number of halogens is 1. The van der Waals surface area contributed by atoms with Gasteiger partial charge in [0.1, 0.15) is 17.4 Å². The lowest BCUT2D eigenvalue weighted by atomic mass is 9.96. The van der Waals surface area contributed by atoms with Crippen LogP contribution in [-0.2, 0) is 11.2 Å². The van der Waals surface area contributed by atoms with Gasteiger partial charge in [0.05, 0.1) is 30.9 Å². The number of ether oxygens (including phenoxy) is 2. The minimum atomic E-state index is -0.369. The molecule has 2 aromatic carbocycles. The number of carbonyl (C=O) groups excluding carboxylic acids is 1. The van der Waals surface area contributed by atoms with Crippen molar-refractivity contribution in [2.45, 2.75) is 38.6 Å². The number of carbonyl (C=O) groups is 1. The zero-order chi connectivity index (χ0) is 20.7. The van der Waals surface area contributed by atoms with Crippen molar-refractivity contribution < 1.29 is 18.7 Å². The Kier molecular flexibility index (Phi) is 4.90. The summed E-state index contributed by atoms with van der Waals surface area (Å²) in [4.78, 5) is 22.2. The zero-order valence-electron chi connectivity index (χ0n) is 17.0. The molecule has 0 aliphatic carbocycles. The van der Waals surface area contributed by atoms with Gasteiger partial charge in [0, 0.05) is 23.1 Å². The minimum absolute atomic E-state index is 0.0568. The molecule has 6 nitrogen and oxygen atoms in total. The fraction of sp³-hybridized carbons (Fsp3) is 0.364. The number of H-pyrrole nitrogens is 1. The first kappa shape index (κ1) is 19.2. The summed E-state index contributed by atoms with van der Waals surface area (Å²) in [6, 6.07) is 8.40. The second-order valence-corrected chi connectivity index (χ2v) is 7.42. The van der Waals surface area contributed by atoms with Crippen molar-refractivity contribution in [1.82, 2.24) is 9.97 Å². The number of amides is 1. The third kappa shape index (κ3) is 3.20. The minimum Gasteiger partial charge on any atom is -0.496 e. The first-order valence-corrected chi connectivity index (χ1v) is 9.66. The fourth-order valence-corrected chi connectivity index (χ4v) is 4.11. The molecule has 1 aliphatic heterocycles. The molecule has 2 atom stereocenters. The molecule has 0 saturated carbocycles. The monoisotopic (exact) mass is 397 g/mol. The van der Waals surface area contributed by atoms with Gasteiger partial charge in [-0.25, -0.2) is 14.2 Å². The maximum absolute atomic E-state index is 13.8. The van der Waals surface area contributed by atoms with Crippen LogP contribution in [-0.4, -0.2) is 36.3 Å². The highest BCUT2D eigenvalue weighted by Crippen LogP contribution is 2.37. The van der Waals surface area contributed by atoms with Crippen LogP contribution in [0.5, 0.6) is 5.75 Å². The van der Waals surface area contributed by atoms with E-state index in [2.05, 4.69) is 4.98 Å². The van der Waals surface area contributed by atoms with Crippen molar-refractivity contribution in [3.63, 3.8) is 0 Å². The summed E-state index contributed by atoms with van der Waals surface area (Å²) in [5.74, 6) is 0.833. The molecule has 0 bridgehead atoms. The van der Waals surface area contributed by atoms with Crippen molar-refractivity contribution >= 4 is 22.8 Å². The van der Waals surface area contributed by atoms with Crippen LogP contribution in [0.2, 0.25) is 0 Å². The maximum Gasteiger partial charge on any atom is 0.414 e. The number of aromatic amines is 1. The molecule has 3 aromatic rings. The predicted molar refractivity (Wildman–Crippen MR) is 109 cm³/mol. The van der Waals surface area contributed by atoms with Gasteiger partial charge in [-0.15, -0.1) is 0 Å². The quantitative estimate of drug-likeness (QED) is 0.691. The maximum atomic E-state index is 13.8. The molecule has 1 N–H and O–H groups in total. The number of hydrogen-bond acceptors (Lipinski definition) is 4. The third-order valence-electron chi connectivity index (χ3n) is 5.71. The Labute approximate surface area is 168 Å². The van der Waals surface area contributed by atoms with Crippen LogP contribution in [0.15, 0.2) is 30.3 Å². The van der Waals surface area contributed by atoms with E-state index in [-0.39, 0.29) is 23.9 Å². The average Bonchev–Trinajstić information content (AvgIpc) is 3.17. The molecule has 1 aromatic heterocycles. The van der Waals surface area contributed by atoms with Gasteiger partial charge in [-0.1, -0.05) is 6.92 Å². The Morgan fingerprint density at radius 1 is 1.31 bits per heavy atom. The Balaban J connectivity index is 1.80. The van der Waals surface area contributed by atoms with Crippen LogP contribution in [0.3, 0.4) is 0 Å². The highest BCUT2D eigenvalue weighted by molar-refractivity contribution is 5.95. The number of methoxy groups -OCH3 is 2. The number of fused-ring (bicyclic) bond motifs is 3. The van der Waals surface area contributed by atoms with Crippen LogP contribution in [0, 0.1) is 5.82 Å². The summed E-state index contributed by atoms with van der Waals surface area (Å²) in [7, 11) is 2.96. The number of hydrogen-bond donors (Lipinski definition) is 1. The normalized spacial score (nSPS) is 17.1. The van der Waals surface area contributed by atoms with Crippen LogP contribution in [0.1, 0.15) is 43.1 Å². The van der Waals surface area contributed by atoms with Gasteiger partial charge < -0.3 is 14.5 Å². The lowest BCUT2D eigenvalue weighted by Gasteiger charge is -2.34. The molecule has 2 heterocycles. The topological polar surface area (TPSA) is 67.5 Å². The van der Waals surface area contributed by atoms with Crippen molar-refractivity contribution in [3.05, 3.63) is 53.1 Å². The number of rotatable bonds is 3. The molecule has 29 heavy (non-hydrogen) atoms. The number of nitrogens with zero attached hydrogens (tertiary/aromatic N) is 2. The van der Waals surface area contributed by atoms with E-state index in [1.807, 2.05) is 26.0 Å². The van der Waals surface area contributed by atoms with E-state index in [1.165, 1.54) is 19.2 Å². The van der Waals surface area contributed by atoms with Crippen LogP contribution in [0.25, 0.3) is 11.0 Å². The van der Waals surface area contributed by atoms with Crippen molar-refractivity contribution in [3.8, 4) is 5.75 Å². The van der Waals surface area contributed by atoms with Crippen molar-refractivity contribution in [2.75, 3.05) is 19.1 Å². The van der Waals surface area contributed by atoms with Gasteiger partial charge in [-0.05, 0) is 50.1 Å². The van der Waals surface area contributed by atoms with Crippen LogP contribution >= 0.6 is 0 Å². The van der Waals surface area contributed by atoms with E-state index in [4.69, 9.17) is 14.5 Å². The largest absolute Gasteiger partial charge is 0.496 e. The first-order valence-electron chi connectivity index (χ1n) is 9.66. The Morgan fingerprint density at radius 3 is 2.83 bits per heavy atom. The molecule has 152 valence electrons. The van der Waals surface area contributed by atoms with E-state index in [0.717, 1.165) is 46.5 Å². The molecule has 0 fully saturated rings. The highest BCUT2D eigenvalue weighted by Gasteiger charge is 2.31. The average molecular weight is 397 g/mol. The van der Waals surface area contributed by atoms with E-state index in [9.17, 15) is 9.18 Å². The molecule has 0 unspecified atom stereocenters. The smallest absolute Gasteiger partial charge is 0.414 e. The molecule has 0 saturated heterocycles. The van der Waals surface area contributed by atoms with Crippen molar-refractivity contribution in [1.29, 1.82) is 0 Å². The van der Waals surface area contributed by atoms with Crippen LogP contribution < -0.4 is 9.64 Å². The first-order chi connectivity index (χ1) is 13.9. The number of nitrogens with one attached hydrogen (secondary N) is 1. The second kappa shape index (κ2) is 7.39. The Bertz CT molecular complexity index is 1080. The molecular weight excluding hydrogens is 373 g/mol. The number of aromatic nitrogens is 2. The molecule has 1 amide bonds. The Morgan fingerprint density at radius 2 is 2.10 bits per heavy atom. The van der Waals surface area contributed by atoms with Gasteiger partial charge in [0.25, 0.3) is 0 Å². The third-order valence-corrected chi connectivity index (χ3v) is 5.71. The molecule has 7 heteroatoms. The lowest BCUT2D eigenvalue weighted by Crippen LogP contribution is -2.42. The van der Waals surface area contributed by atoms with Gasteiger partial charge in [-0.2, -0.15) is 0 Å². The zero-order valence-corrected chi connectivity index (χ0v) is 17.0. The molecular formula is C22H24FN3O3. The van der Waals surface area contributed by atoms with Crippen molar-refractivity contribution in [2.24, 2.45) is 0 Å². The standard InChI is InChI=1S/C22H24FN3O3/c1-12-5-7-15-18(26(12)22(27)29-4)9-8-17-20(15)25-21(24-17)13(2)16-11-14(23)6-10-19(16)28-3/h6,8-13H,5,7H2,1-4H3,(H,24,25)/t12-,13+/m0/s1. The van der Waals surface area contributed by atoms with E-state index in [1.54, 1.807) is 18.1 Å². The van der Waals surface area contributed by atoms with E-state index >= 15 is 0 Å². The number of benzene rings is 2. The number of anilines is 1. The van der Waals surface area contributed by atoms with E-state index in [0.29, 0.717) is 5.75 Å². The van der Waals surface area contributed by atoms with E-state index < -0.39 is 0 Å². The Hall–Kier alpha value is -3.09. The molecule has 4 rings (SSSR count). The summed E-state index contributed by atoms with van der Waals surface area (Å²) >= 11 is 0. The number of aryl methyl sites for hydroxylation is 1. The van der Waals surface area contributed by atoms with Gasteiger partial charge >= 0.3 is 6.09 Å². The fourth-order valence-electron chi connectivity index (χ4n) is 4.11. The molecule has 1 aliphatic rings. The summed E-state index contributed by atoms with van der Waals surface area (Å²) < 4.78 is 24.2. The van der Waals surface area contributed by atoms with Gasteiger partial charge in [-0.3, -0.25) is 4.90 Å². The SMILES string of the molecule is COC(=O)N1c2ccc3[nH]c([C@H](C)c4cc(F)ccc4OC)nc3c2CC[C@@H]1C. The molecule has 0 spiro atoms. The second-order valence-electron chi connectivity index (χ2n) is 7.42. The lowest BCUT2D eigenvalue weighted by molar-refractivity contribution is 0.175. The summed E-state index contributed by atoms with van der Waals surface area (Å²) in [5.41, 5.74) is 4.30.